The van der Waals surface area contributed by atoms with Crippen molar-refractivity contribution in [3.63, 3.8) is 0 Å². The molecule has 1 heterocycles. The molecule has 9 heteroatoms. The van der Waals surface area contributed by atoms with Gasteiger partial charge >= 0.3 is 6.18 Å². The van der Waals surface area contributed by atoms with E-state index in [0.29, 0.717) is 22.3 Å². The average molecular weight is 372 g/mol. The molecule has 2 rings (SSSR count). The van der Waals surface area contributed by atoms with Crippen LogP contribution < -0.4 is 5.11 Å². The Kier molecular flexibility index (Phi) is 5.36. The highest BCUT2D eigenvalue weighted by atomic mass is 35.5. The van der Waals surface area contributed by atoms with Crippen LogP contribution in [0.25, 0.3) is 11.3 Å². The number of hydrogen-bond acceptors (Lipinski definition) is 5. The van der Waals surface area contributed by atoms with Crippen molar-refractivity contribution in [2.75, 3.05) is 5.75 Å². The molecule has 2 aromatic rings. The van der Waals surface area contributed by atoms with Crippen molar-refractivity contribution in [3.8, 4) is 17.3 Å². The number of halogens is 4. The number of carbonyl (C=O) groups excluding carboxylic acids is 1. The highest BCUT2D eigenvalue weighted by Crippen LogP contribution is 2.37. The Balaban J connectivity index is 2.64. The van der Waals surface area contributed by atoms with E-state index in [1.54, 1.807) is 0 Å². The van der Waals surface area contributed by atoms with Crippen LogP contribution in [0, 0.1) is 11.3 Å². The Labute approximate surface area is 143 Å². The molecule has 0 aliphatic heterocycles. The van der Waals surface area contributed by atoms with Crippen molar-refractivity contribution in [2.24, 2.45) is 0 Å². The van der Waals surface area contributed by atoms with Crippen molar-refractivity contribution in [1.82, 2.24) is 4.98 Å². The molecule has 0 bridgehead atoms. The van der Waals surface area contributed by atoms with E-state index in [4.69, 9.17) is 16.9 Å². The molecule has 0 amide bonds. The molecular formula is C15H7ClF3N2O2S-. The minimum Gasteiger partial charge on any atom is -0.549 e. The van der Waals surface area contributed by atoms with Crippen molar-refractivity contribution >= 4 is 29.3 Å². The summed E-state index contributed by atoms with van der Waals surface area (Å²) < 4.78 is 39.7. The summed E-state index contributed by atoms with van der Waals surface area (Å²) in [5, 5.41) is 19.7. The van der Waals surface area contributed by atoms with Gasteiger partial charge in [0.05, 0.1) is 22.8 Å². The summed E-state index contributed by atoms with van der Waals surface area (Å²) in [5.41, 5.74) is -1.58. The molecule has 4 nitrogen and oxygen atoms in total. The highest BCUT2D eigenvalue weighted by Gasteiger charge is 2.36. The summed E-state index contributed by atoms with van der Waals surface area (Å²) in [7, 11) is 0. The lowest BCUT2D eigenvalue weighted by Crippen LogP contribution is -2.24. The molecule has 0 aliphatic rings. The third-order valence-corrected chi connectivity index (χ3v) is 4.07. The minimum absolute atomic E-state index is 0.0427. The summed E-state index contributed by atoms with van der Waals surface area (Å²) in [6.07, 6.45) is -4.79. The second-order valence-corrected chi connectivity index (χ2v) is 5.91. The molecule has 24 heavy (non-hydrogen) atoms. The molecular weight excluding hydrogens is 365 g/mol. The number of carboxylic acids is 1. The van der Waals surface area contributed by atoms with Gasteiger partial charge in [-0.25, -0.2) is 4.98 Å². The molecule has 0 radical (unpaired) electrons. The first-order valence-corrected chi connectivity index (χ1v) is 7.69. The lowest BCUT2D eigenvalue weighted by Gasteiger charge is -2.14. The number of aliphatic carboxylic acids is 1. The normalized spacial score (nSPS) is 11.1. The summed E-state index contributed by atoms with van der Waals surface area (Å²) in [6, 6.07) is 8.12. The molecule has 0 spiro atoms. The van der Waals surface area contributed by atoms with Crippen molar-refractivity contribution in [3.05, 3.63) is 46.5 Å². The molecule has 124 valence electrons. The van der Waals surface area contributed by atoms with E-state index in [1.165, 1.54) is 30.3 Å². The Morgan fingerprint density at radius 2 is 1.96 bits per heavy atom. The van der Waals surface area contributed by atoms with Crippen molar-refractivity contribution < 1.29 is 23.1 Å². The molecule has 0 saturated heterocycles. The number of nitriles is 1. The van der Waals surface area contributed by atoms with Gasteiger partial charge in [-0.05, 0) is 18.2 Å². The lowest BCUT2D eigenvalue weighted by atomic mass is 10.1. The van der Waals surface area contributed by atoms with Gasteiger partial charge in [-0.2, -0.15) is 18.4 Å². The molecule has 1 aromatic heterocycles. The third-order valence-electron chi connectivity index (χ3n) is 2.87. The summed E-state index contributed by atoms with van der Waals surface area (Å²) in [4.78, 5) is 14.6. The van der Waals surface area contributed by atoms with Gasteiger partial charge in [0, 0.05) is 16.3 Å². The Hall–Kier alpha value is -2.24. The second kappa shape index (κ2) is 7.11. The monoisotopic (exact) mass is 371 g/mol. The number of aromatic nitrogens is 1. The number of hydrogen-bond donors (Lipinski definition) is 0. The molecule has 0 fully saturated rings. The van der Waals surface area contributed by atoms with Crippen LogP contribution in [0.4, 0.5) is 13.2 Å². The highest BCUT2D eigenvalue weighted by molar-refractivity contribution is 7.99. The summed E-state index contributed by atoms with van der Waals surface area (Å²) in [5.74, 6) is -2.10. The van der Waals surface area contributed by atoms with Gasteiger partial charge in [0.1, 0.15) is 11.1 Å². The van der Waals surface area contributed by atoms with E-state index in [2.05, 4.69) is 4.98 Å². The standard InChI is InChI=1S/C15H8ClF3N2O2S/c16-9-3-1-8(2-4-9)12-5-11(15(17,18)19)10(6-20)14(21-12)24-7-13(22)23/h1-5H,7H2,(H,22,23)/p-1. The maximum Gasteiger partial charge on any atom is 0.417 e. The fourth-order valence-corrected chi connectivity index (χ4v) is 2.70. The van der Waals surface area contributed by atoms with E-state index < -0.39 is 29.0 Å². The van der Waals surface area contributed by atoms with Crippen LogP contribution in [0.2, 0.25) is 5.02 Å². The van der Waals surface area contributed by atoms with Gasteiger partial charge in [0.25, 0.3) is 0 Å². The molecule has 0 saturated carbocycles. The minimum atomic E-state index is -4.79. The molecule has 1 aromatic carbocycles. The van der Waals surface area contributed by atoms with Crippen LogP contribution >= 0.6 is 23.4 Å². The van der Waals surface area contributed by atoms with E-state index in [0.717, 1.165) is 6.07 Å². The van der Waals surface area contributed by atoms with E-state index in [-0.39, 0.29) is 10.7 Å². The van der Waals surface area contributed by atoms with Crippen LogP contribution in [0.1, 0.15) is 11.1 Å². The number of rotatable bonds is 4. The second-order valence-electron chi connectivity index (χ2n) is 4.51. The van der Waals surface area contributed by atoms with Crippen LogP contribution in [-0.4, -0.2) is 16.7 Å². The van der Waals surface area contributed by atoms with Crippen molar-refractivity contribution in [2.45, 2.75) is 11.2 Å². The topological polar surface area (TPSA) is 76.8 Å². The van der Waals surface area contributed by atoms with Gasteiger partial charge < -0.3 is 9.90 Å². The van der Waals surface area contributed by atoms with E-state index >= 15 is 0 Å². The first-order valence-electron chi connectivity index (χ1n) is 6.33. The zero-order valence-corrected chi connectivity index (χ0v) is 13.3. The fourth-order valence-electron chi connectivity index (χ4n) is 1.85. The van der Waals surface area contributed by atoms with Gasteiger partial charge in [-0.1, -0.05) is 35.5 Å². The summed E-state index contributed by atoms with van der Waals surface area (Å²) >= 11 is 6.25. The molecule has 0 N–H and O–H groups in total. The van der Waals surface area contributed by atoms with Crippen LogP contribution in [0.5, 0.6) is 0 Å². The Morgan fingerprint density at radius 1 is 1.33 bits per heavy atom. The number of thioether (sulfide) groups is 1. The Bertz CT molecular complexity index is 817. The first kappa shape index (κ1) is 18.1. The predicted octanol–water partition coefficient (Wildman–Crippen LogP) is 3.13. The number of carbonyl (C=O) groups is 1. The zero-order chi connectivity index (χ0) is 17.9. The third kappa shape index (κ3) is 4.19. The SMILES string of the molecule is N#Cc1c(C(F)(F)F)cc(-c2ccc(Cl)cc2)nc1SCC(=O)[O-]. The number of alkyl halides is 3. The van der Waals surface area contributed by atoms with Gasteiger partial charge in [0.15, 0.2) is 0 Å². The number of nitrogens with zero attached hydrogens (tertiary/aromatic N) is 2. The van der Waals surface area contributed by atoms with E-state index in [1.807, 2.05) is 0 Å². The summed E-state index contributed by atoms with van der Waals surface area (Å²) in [6.45, 7) is 0. The van der Waals surface area contributed by atoms with Gasteiger partial charge in [-0.3, -0.25) is 0 Å². The van der Waals surface area contributed by atoms with Crippen molar-refractivity contribution in [1.29, 1.82) is 5.26 Å². The quantitative estimate of drug-likeness (QED) is 0.772. The van der Waals surface area contributed by atoms with Gasteiger partial charge in [0.2, 0.25) is 0 Å². The molecule has 0 unspecified atom stereocenters. The lowest BCUT2D eigenvalue weighted by molar-refractivity contribution is -0.301. The largest absolute Gasteiger partial charge is 0.549 e. The molecule has 0 atom stereocenters. The number of benzene rings is 1. The van der Waals surface area contributed by atoms with E-state index in [9.17, 15) is 23.1 Å². The Morgan fingerprint density at radius 3 is 2.46 bits per heavy atom. The fraction of sp³-hybridized carbons (Fsp3) is 0.133. The average Bonchev–Trinajstić information content (AvgIpc) is 2.51. The van der Waals surface area contributed by atoms with Crippen LogP contribution in [0.3, 0.4) is 0 Å². The first-order chi connectivity index (χ1) is 11.2. The maximum atomic E-state index is 13.2. The van der Waals surface area contributed by atoms with Crippen LogP contribution in [0.15, 0.2) is 35.4 Å². The maximum absolute atomic E-state index is 13.2. The van der Waals surface area contributed by atoms with Gasteiger partial charge in [-0.15, -0.1) is 0 Å². The molecule has 0 aliphatic carbocycles. The zero-order valence-electron chi connectivity index (χ0n) is 11.7. The number of pyridine rings is 1. The van der Waals surface area contributed by atoms with Crippen LogP contribution in [-0.2, 0) is 11.0 Å². The number of carboxylic acid groups (broad SMARTS) is 1. The predicted molar refractivity (Wildman–Crippen MR) is 80.1 cm³/mol. The smallest absolute Gasteiger partial charge is 0.417 e.